The molecule has 9 heteroatoms. The third-order valence-electron chi connectivity index (χ3n) is 7.94. The first-order chi connectivity index (χ1) is 17.2. The third-order valence-corrected chi connectivity index (χ3v) is 8.23. The summed E-state index contributed by atoms with van der Waals surface area (Å²) in [5.41, 5.74) is -1.52. The normalized spacial score (nSPS) is 32.7. The van der Waals surface area contributed by atoms with Crippen molar-refractivity contribution in [3.8, 4) is 0 Å². The molecule has 2 aromatic rings. The Kier molecular flexibility index (Phi) is 6.17. The summed E-state index contributed by atoms with van der Waals surface area (Å²) in [6.07, 6.45) is 1.29. The maximum absolute atomic E-state index is 15.7. The van der Waals surface area contributed by atoms with Gasteiger partial charge in [0.1, 0.15) is 17.0 Å². The van der Waals surface area contributed by atoms with Gasteiger partial charge in [-0.3, -0.25) is 9.59 Å². The standard InChI is InChI=1S/C28H32ClF2N3O3/c1-26(2,3)13-20-28(17-9-8-14(30)10-19(17)33-25(28)36)21(16-6-5-7-18(29)22(16)31)23(34-20)24(35)32-15-11-27(4,37)12-15/h5-10,15,20-21,23,34,37H,11-13H2,1-4H3,(H,32,35)(H,33,36)/t15?,20-,21-,23+,27?,28?/m0/s1. The number of hydrogen-bond acceptors (Lipinski definition) is 4. The summed E-state index contributed by atoms with van der Waals surface area (Å²) in [4.78, 5) is 27.8. The quantitative estimate of drug-likeness (QED) is 0.471. The monoisotopic (exact) mass is 531 g/mol. The summed E-state index contributed by atoms with van der Waals surface area (Å²) in [5.74, 6) is -2.97. The predicted molar refractivity (Wildman–Crippen MR) is 137 cm³/mol. The molecule has 198 valence electrons. The largest absolute Gasteiger partial charge is 0.390 e. The highest BCUT2D eigenvalue weighted by molar-refractivity contribution is 6.30. The number of hydrogen-bond donors (Lipinski definition) is 4. The summed E-state index contributed by atoms with van der Waals surface area (Å²) in [6, 6.07) is 6.89. The molecule has 2 aliphatic heterocycles. The predicted octanol–water partition coefficient (Wildman–Crippen LogP) is 4.40. The van der Waals surface area contributed by atoms with E-state index >= 15 is 4.39 Å². The van der Waals surface area contributed by atoms with Gasteiger partial charge in [0.05, 0.1) is 16.7 Å². The van der Waals surface area contributed by atoms with E-state index in [9.17, 15) is 19.1 Å². The molecule has 2 amide bonds. The van der Waals surface area contributed by atoms with Crippen molar-refractivity contribution in [3.63, 3.8) is 0 Å². The molecule has 0 aromatic heterocycles. The topological polar surface area (TPSA) is 90.5 Å². The molecular weight excluding hydrogens is 500 g/mol. The van der Waals surface area contributed by atoms with E-state index in [1.807, 2.05) is 20.8 Å². The highest BCUT2D eigenvalue weighted by Crippen LogP contribution is 2.57. The van der Waals surface area contributed by atoms with Crippen LogP contribution < -0.4 is 16.0 Å². The van der Waals surface area contributed by atoms with Gasteiger partial charge in [-0.15, -0.1) is 0 Å². The molecule has 4 atom stereocenters. The molecule has 5 rings (SSSR count). The number of aliphatic hydroxyl groups is 1. The van der Waals surface area contributed by atoms with Crippen LogP contribution in [-0.4, -0.2) is 40.6 Å². The van der Waals surface area contributed by atoms with Crippen molar-refractivity contribution < 1.29 is 23.5 Å². The van der Waals surface area contributed by atoms with Crippen molar-refractivity contribution in [1.82, 2.24) is 10.6 Å². The van der Waals surface area contributed by atoms with Crippen LogP contribution in [0.4, 0.5) is 14.5 Å². The van der Waals surface area contributed by atoms with E-state index < -0.39 is 46.6 Å². The van der Waals surface area contributed by atoms with E-state index in [0.717, 1.165) is 0 Å². The summed E-state index contributed by atoms with van der Waals surface area (Å²) in [7, 11) is 0. The van der Waals surface area contributed by atoms with Crippen LogP contribution >= 0.6 is 11.6 Å². The molecule has 1 unspecified atom stereocenters. The van der Waals surface area contributed by atoms with E-state index in [4.69, 9.17) is 11.6 Å². The number of rotatable bonds is 4. The number of fused-ring (bicyclic) bond motifs is 2. The summed E-state index contributed by atoms with van der Waals surface area (Å²) in [5, 5.41) is 19.2. The van der Waals surface area contributed by atoms with Crippen LogP contribution in [0.3, 0.4) is 0 Å². The Balaban J connectivity index is 1.69. The number of anilines is 1. The number of carbonyl (C=O) groups excluding carboxylic acids is 2. The Morgan fingerprint density at radius 2 is 1.92 bits per heavy atom. The zero-order chi connectivity index (χ0) is 26.9. The van der Waals surface area contributed by atoms with Gasteiger partial charge >= 0.3 is 0 Å². The minimum atomic E-state index is -1.39. The number of carbonyl (C=O) groups is 2. The van der Waals surface area contributed by atoms with Gasteiger partial charge in [-0.1, -0.05) is 50.6 Å². The van der Waals surface area contributed by atoms with Crippen LogP contribution in [0.25, 0.3) is 0 Å². The van der Waals surface area contributed by atoms with Crippen LogP contribution in [0, 0.1) is 17.0 Å². The molecule has 1 saturated heterocycles. The lowest BCUT2D eigenvalue weighted by atomic mass is 9.62. The third kappa shape index (κ3) is 4.33. The molecule has 4 N–H and O–H groups in total. The molecule has 2 fully saturated rings. The van der Waals surface area contributed by atoms with Crippen molar-refractivity contribution in [1.29, 1.82) is 0 Å². The smallest absolute Gasteiger partial charge is 0.238 e. The molecule has 3 aliphatic rings. The lowest BCUT2D eigenvalue weighted by molar-refractivity contribution is -0.127. The summed E-state index contributed by atoms with van der Waals surface area (Å²) >= 11 is 6.19. The first-order valence-electron chi connectivity index (χ1n) is 12.6. The maximum atomic E-state index is 15.7. The number of benzene rings is 2. The fraction of sp³-hybridized carbons (Fsp3) is 0.500. The highest BCUT2D eigenvalue weighted by atomic mass is 35.5. The molecule has 1 spiro atoms. The summed E-state index contributed by atoms with van der Waals surface area (Å²) < 4.78 is 29.9. The van der Waals surface area contributed by atoms with Gasteiger partial charge in [0.15, 0.2) is 0 Å². The Morgan fingerprint density at radius 1 is 1.22 bits per heavy atom. The van der Waals surface area contributed by atoms with E-state index in [2.05, 4.69) is 16.0 Å². The van der Waals surface area contributed by atoms with E-state index in [1.165, 1.54) is 18.2 Å². The van der Waals surface area contributed by atoms with Gasteiger partial charge < -0.3 is 21.1 Å². The Morgan fingerprint density at radius 3 is 2.57 bits per heavy atom. The van der Waals surface area contributed by atoms with Crippen molar-refractivity contribution in [2.45, 2.75) is 82.0 Å². The first kappa shape index (κ1) is 26.1. The molecule has 0 bridgehead atoms. The SMILES string of the molecule is CC(C)(C)C[C@@H]1N[C@@H](C(=O)NC2CC(C)(O)C2)[C@H](c2cccc(Cl)c2F)C12C(=O)Nc1cc(F)ccc12. The second-order valence-electron chi connectivity index (χ2n) is 12.2. The Labute approximate surface area is 220 Å². The number of nitrogens with one attached hydrogen (secondary N) is 3. The molecule has 0 radical (unpaired) electrons. The molecule has 2 heterocycles. The highest BCUT2D eigenvalue weighted by Gasteiger charge is 2.66. The van der Waals surface area contributed by atoms with Crippen molar-refractivity contribution in [2.24, 2.45) is 5.41 Å². The Hall–Kier alpha value is -2.55. The van der Waals surface area contributed by atoms with E-state index in [1.54, 1.807) is 25.1 Å². The zero-order valence-electron chi connectivity index (χ0n) is 21.3. The maximum Gasteiger partial charge on any atom is 0.238 e. The van der Waals surface area contributed by atoms with E-state index in [-0.39, 0.29) is 28.0 Å². The van der Waals surface area contributed by atoms with Gasteiger partial charge in [-0.05, 0) is 60.9 Å². The molecule has 37 heavy (non-hydrogen) atoms. The van der Waals surface area contributed by atoms with Crippen molar-refractivity contribution in [3.05, 3.63) is 64.2 Å². The van der Waals surface area contributed by atoms with E-state index in [0.29, 0.717) is 30.5 Å². The molecule has 2 aromatic carbocycles. The van der Waals surface area contributed by atoms with Crippen LogP contribution in [-0.2, 0) is 15.0 Å². The van der Waals surface area contributed by atoms with Gasteiger partial charge in [-0.2, -0.15) is 0 Å². The molecule has 6 nitrogen and oxygen atoms in total. The fourth-order valence-electron chi connectivity index (χ4n) is 6.55. The van der Waals surface area contributed by atoms with Crippen LogP contribution in [0.15, 0.2) is 36.4 Å². The zero-order valence-corrected chi connectivity index (χ0v) is 22.0. The first-order valence-corrected chi connectivity index (χ1v) is 12.9. The minimum absolute atomic E-state index is 0.112. The van der Waals surface area contributed by atoms with Crippen molar-refractivity contribution >= 4 is 29.1 Å². The van der Waals surface area contributed by atoms with Gasteiger partial charge in [0, 0.05) is 23.7 Å². The lowest BCUT2D eigenvalue weighted by Crippen LogP contribution is -2.57. The number of amides is 2. The average Bonchev–Trinajstić information content (AvgIpc) is 3.23. The van der Waals surface area contributed by atoms with Gasteiger partial charge in [-0.25, -0.2) is 8.78 Å². The number of halogens is 3. The van der Waals surface area contributed by atoms with Crippen LogP contribution in [0.5, 0.6) is 0 Å². The molecule has 1 saturated carbocycles. The second-order valence-corrected chi connectivity index (χ2v) is 12.6. The van der Waals surface area contributed by atoms with Gasteiger partial charge in [0.25, 0.3) is 0 Å². The average molecular weight is 532 g/mol. The van der Waals surface area contributed by atoms with Crippen molar-refractivity contribution in [2.75, 3.05) is 5.32 Å². The lowest BCUT2D eigenvalue weighted by Gasteiger charge is -2.42. The fourth-order valence-corrected chi connectivity index (χ4v) is 6.73. The Bertz CT molecular complexity index is 1270. The minimum Gasteiger partial charge on any atom is -0.390 e. The molecular formula is C28H32ClF2N3O3. The van der Waals surface area contributed by atoms with Crippen LogP contribution in [0.1, 0.15) is 64.0 Å². The van der Waals surface area contributed by atoms with Crippen LogP contribution in [0.2, 0.25) is 5.02 Å². The molecule has 1 aliphatic carbocycles. The van der Waals surface area contributed by atoms with Gasteiger partial charge in [0.2, 0.25) is 11.8 Å². The summed E-state index contributed by atoms with van der Waals surface area (Å²) in [6.45, 7) is 7.79. The second kappa shape index (κ2) is 8.75.